The molecule has 82 valence electrons. The monoisotopic (exact) mass is 210 g/mol. The number of ether oxygens (including phenoxy) is 2. The van der Waals surface area contributed by atoms with Crippen LogP contribution in [0.25, 0.3) is 0 Å². The Kier molecular flexibility index (Phi) is 2.58. The largest absolute Gasteiger partial charge is 0.378 e. The first-order chi connectivity index (χ1) is 7.19. The maximum atomic E-state index is 12.2. The molecular weight excluding hydrogens is 196 g/mol. The van der Waals surface area contributed by atoms with E-state index in [1.54, 1.807) is 24.0 Å². The average molecular weight is 210 g/mol. The molecule has 0 spiro atoms. The predicted molar refractivity (Wildman–Crippen MR) is 52.7 cm³/mol. The highest BCUT2D eigenvalue weighted by atomic mass is 16.6. The zero-order chi connectivity index (χ0) is 10.9. The molecular formula is C10H14N2O3. The van der Waals surface area contributed by atoms with Crippen molar-refractivity contribution >= 4 is 5.78 Å². The lowest BCUT2D eigenvalue weighted by Crippen LogP contribution is -2.42. The van der Waals surface area contributed by atoms with Gasteiger partial charge in [0.15, 0.2) is 11.4 Å². The summed E-state index contributed by atoms with van der Waals surface area (Å²) in [5.41, 5.74) is -0.834. The number of aryl methyl sites for hydroxylation is 1. The summed E-state index contributed by atoms with van der Waals surface area (Å²) in [5.74, 6) is 0.317. The van der Waals surface area contributed by atoms with Crippen molar-refractivity contribution in [1.82, 2.24) is 9.55 Å². The normalized spacial score (nSPS) is 25.7. The smallest absolute Gasteiger partial charge is 0.232 e. The highest BCUT2D eigenvalue weighted by Gasteiger charge is 2.44. The average Bonchev–Trinajstić information content (AvgIpc) is 2.86. The van der Waals surface area contributed by atoms with Crippen LogP contribution in [0.4, 0.5) is 0 Å². The second-order valence-electron chi connectivity index (χ2n) is 3.69. The van der Waals surface area contributed by atoms with Crippen LogP contribution in [0.1, 0.15) is 17.0 Å². The standard InChI is InChI=1S/C10H14N2O3/c1-12-5-4-11-9(12)8(13)10(14-2)3-6-15-7-10/h4-5H,3,6-7H2,1-2H3. The number of carbonyl (C=O) groups excluding carboxylic acids is 1. The highest BCUT2D eigenvalue weighted by Crippen LogP contribution is 2.26. The zero-order valence-electron chi connectivity index (χ0n) is 8.90. The molecule has 0 saturated carbocycles. The number of rotatable bonds is 3. The van der Waals surface area contributed by atoms with Crippen LogP contribution in [0.2, 0.25) is 0 Å². The number of hydrogen-bond acceptors (Lipinski definition) is 4. The SMILES string of the molecule is COC1(C(=O)c2nccn2C)CCOC1. The number of carbonyl (C=O) groups is 1. The zero-order valence-corrected chi connectivity index (χ0v) is 8.90. The van der Waals surface area contributed by atoms with Gasteiger partial charge in [-0.2, -0.15) is 0 Å². The molecule has 5 nitrogen and oxygen atoms in total. The van der Waals surface area contributed by atoms with E-state index in [1.807, 2.05) is 0 Å². The molecule has 1 unspecified atom stereocenters. The molecule has 1 saturated heterocycles. The van der Waals surface area contributed by atoms with E-state index in [4.69, 9.17) is 9.47 Å². The molecule has 1 aliphatic rings. The van der Waals surface area contributed by atoms with Crippen LogP contribution in [-0.4, -0.2) is 41.3 Å². The van der Waals surface area contributed by atoms with Crippen LogP contribution in [0.5, 0.6) is 0 Å². The van der Waals surface area contributed by atoms with Crippen molar-refractivity contribution in [2.75, 3.05) is 20.3 Å². The lowest BCUT2D eigenvalue weighted by Gasteiger charge is -2.23. The summed E-state index contributed by atoms with van der Waals surface area (Å²) < 4.78 is 12.2. The Morgan fingerprint density at radius 1 is 1.73 bits per heavy atom. The first-order valence-electron chi connectivity index (χ1n) is 4.85. The van der Waals surface area contributed by atoms with Crippen LogP contribution in [0.3, 0.4) is 0 Å². The van der Waals surface area contributed by atoms with Crippen molar-refractivity contribution < 1.29 is 14.3 Å². The summed E-state index contributed by atoms with van der Waals surface area (Å²) in [4.78, 5) is 16.2. The van der Waals surface area contributed by atoms with Gasteiger partial charge in [-0.1, -0.05) is 0 Å². The van der Waals surface area contributed by atoms with Crippen LogP contribution in [0, 0.1) is 0 Å². The summed E-state index contributed by atoms with van der Waals surface area (Å²) in [6, 6.07) is 0. The van der Waals surface area contributed by atoms with Gasteiger partial charge in [0.1, 0.15) is 0 Å². The minimum Gasteiger partial charge on any atom is -0.378 e. The summed E-state index contributed by atoms with van der Waals surface area (Å²) >= 11 is 0. The van der Waals surface area contributed by atoms with E-state index in [9.17, 15) is 4.79 Å². The lowest BCUT2D eigenvalue weighted by atomic mass is 9.96. The van der Waals surface area contributed by atoms with E-state index in [0.29, 0.717) is 25.5 Å². The minimum atomic E-state index is -0.834. The van der Waals surface area contributed by atoms with Gasteiger partial charge in [0.25, 0.3) is 0 Å². The van der Waals surface area contributed by atoms with E-state index in [2.05, 4.69) is 4.98 Å². The Morgan fingerprint density at radius 3 is 3.00 bits per heavy atom. The van der Waals surface area contributed by atoms with Crippen LogP contribution >= 0.6 is 0 Å². The predicted octanol–water partition coefficient (Wildman–Crippen LogP) is 0.408. The Balaban J connectivity index is 2.30. The molecule has 1 aromatic heterocycles. The maximum Gasteiger partial charge on any atom is 0.232 e. The summed E-state index contributed by atoms with van der Waals surface area (Å²) in [7, 11) is 3.33. The molecule has 2 rings (SSSR count). The van der Waals surface area contributed by atoms with Gasteiger partial charge in [-0.25, -0.2) is 4.98 Å². The van der Waals surface area contributed by atoms with E-state index in [-0.39, 0.29) is 5.78 Å². The Labute approximate surface area is 88.0 Å². The van der Waals surface area contributed by atoms with Gasteiger partial charge in [0.2, 0.25) is 5.78 Å². The Morgan fingerprint density at radius 2 is 2.53 bits per heavy atom. The molecule has 1 atom stereocenters. The van der Waals surface area contributed by atoms with Gasteiger partial charge in [0.05, 0.1) is 13.2 Å². The van der Waals surface area contributed by atoms with Crippen molar-refractivity contribution in [3.8, 4) is 0 Å². The molecule has 2 heterocycles. The second-order valence-corrected chi connectivity index (χ2v) is 3.69. The first-order valence-corrected chi connectivity index (χ1v) is 4.85. The molecule has 15 heavy (non-hydrogen) atoms. The fourth-order valence-corrected chi connectivity index (χ4v) is 1.77. The topological polar surface area (TPSA) is 53.3 Å². The fraction of sp³-hybridized carbons (Fsp3) is 0.600. The maximum absolute atomic E-state index is 12.2. The summed E-state index contributed by atoms with van der Waals surface area (Å²) in [6.07, 6.45) is 3.94. The summed E-state index contributed by atoms with van der Waals surface area (Å²) in [6.45, 7) is 0.874. The molecule has 0 N–H and O–H groups in total. The molecule has 1 aliphatic heterocycles. The van der Waals surface area contributed by atoms with Gasteiger partial charge in [-0.3, -0.25) is 4.79 Å². The number of Topliss-reactive ketones (excluding diaryl/α,β-unsaturated/α-hetero) is 1. The third-order valence-corrected chi connectivity index (χ3v) is 2.81. The molecule has 0 amide bonds. The lowest BCUT2D eigenvalue weighted by molar-refractivity contribution is -0.00440. The van der Waals surface area contributed by atoms with Crippen molar-refractivity contribution in [3.05, 3.63) is 18.2 Å². The molecule has 0 aliphatic carbocycles. The number of imidazole rings is 1. The molecule has 1 aromatic rings. The number of methoxy groups -OCH3 is 1. The molecule has 1 fully saturated rings. The van der Waals surface area contributed by atoms with Crippen LogP contribution in [-0.2, 0) is 16.5 Å². The van der Waals surface area contributed by atoms with Gasteiger partial charge in [-0.05, 0) is 0 Å². The fourth-order valence-electron chi connectivity index (χ4n) is 1.77. The third-order valence-electron chi connectivity index (χ3n) is 2.81. The number of ketones is 1. The van der Waals surface area contributed by atoms with Crippen molar-refractivity contribution in [1.29, 1.82) is 0 Å². The van der Waals surface area contributed by atoms with Crippen LogP contribution < -0.4 is 0 Å². The van der Waals surface area contributed by atoms with Gasteiger partial charge >= 0.3 is 0 Å². The van der Waals surface area contributed by atoms with Gasteiger partial charge in [-0.15, -0.1) is 0 Å². The highest BCUT2D eigenvalue weighted by molar-refractivity contribution is 6.00. The van der Waals surface area contributed by atoms with E-state index < -0.39 is 5.60 Å². The Bertz CT molecular complexity index is 366. The second kappa shape index (κ2) is 3.75. The van der Waals surface area contributed by atoms with Crippen molar-refractivity contribution in [2.24, 2.45) is 7.05 Å². The van der Waals surface area contributed by atoms with Crippen LogP contribution in [0.15, 0.2) is 12.4 Å². The van der Waals surface area contributed by atoms with E-state index in [1.165, 1.54) is 7.11 Å². The summed E-state index contributed by atoms with van der Waals surface area (Å²) in [5, 5.41) is 0. The molecule has 0 aromatic carbocycles. The number of nitrogens with zero attached hydrogens (tertiary/aromatic N) is 2. The number of hydrogen-bond donors (Lipinski definition) is 0. The van der Waals surface area contributed by atoms with Gasteiger partial charge < -0.3 is 14.0 Å². The van der Waals surface area contributed by atoms with E-state index in [0.717, 1.165) is 0 Å². The third kappa shape index (κ3) is 1.57. The van der Waals surface area contributed by atoms with Gasteiger partial charge in [0, 0.05) is 33.0 Å². The molecule has 0 radical (unpaired) electrons. The molecule has 0 bridgehead atoms. The van der Waals surface area contributed by atoms with Crippen molar-refractivity contribution in [2.45, 2.75) is 12.0 Å². The first kappa shape index (κ1) is 10.3. The van der Waals surface area contributed by atoms with Crippen molar-refractivity contribution in [3.63, 3.8) is 0 Å². The van der Waals surface area contributed by atoms with E-state index >= 15 is 0 Å². The number of aromatic nitrogens is 2. The minimum absolute atomic E-state index is 0.102. The quantitative estimate of drug-likeness (QED) is 0.678. The Hall–Kier alpha value is -1.20. The molecule has 5 heteroatoms.